The zero-order chi connectivity index (χ0) is 17.6. The normalized spacial score (nSPS) is 17.5. The Morgan fingerprint density at radius 2 is 1.96 bits per heavy atom. The van der Waals surface area contributed by atoms with Crippen molar-refractivity contribution in [2.24, 2.45) is 5.41 Å². The van der Waals surface area contributed by atoms with Gasteiger partial charge in [0.05, 0.1) is 18.1 Å². The zero-order valence-electron chi connectivity index (χ0n) is 14.4. The average Bonchev–Trinajstić information content (AvgIpc) is 2.55. The van der Waals surface area contributed by atoms with Gasteiger partial charge in [-0.05, 0) is 38.9 Å². The Morgan fingerprint density at radius 1 is 1.32 bits per heavy atom. The van der Waals surface area contributed by atoms with E-state index >= 15 is 0 Å². The monoisotopic (exact) mass is 378 g/mol. The molecular formula is C17H25ClF2N2O3. The number of halogens is 3. The van der Waals surface area contributed by atoms with Crippen LogP contribution in [0.2, 0.25) is 0 Å². The van der Waals surface area contributed by atoms with Gasteiger partial charge >= 0.3 is 6.61 Å². The lowest BCUT2D eigenvalue weighted by molar-refractivity contribution is -0.136. The standard InChI is InChI=1S/C17H24F2N2O3.ClH/c1-12(13-5-3-4-6-14(13)24-16(18)19)21-15(22)17(11-23-2)7-9-20-10-8-17;/h3-6,12,16,20H,7-11H2,1-2H3,(H,21,22);1H. The summed E-state index contributed by atoms with van der Waals surface area (Å²) in [6.07, 6.45) is 1.35. The van der Waals surface area contributed by atoms with E-state index in [1.807, 2.05) is 0 Å². The van der Waals surface area contributed by atoms with E-state index in [-0.39, 0.29) is 24.1 Å². The third kappa shape index (κ3) is 5.52. The van der Waals surface area contributed by atoms with Crippen LogP contribution in [0, 0.1) is 5.41 Å². The van der Waals surface area contributed by atoms with Crippen molar-refractivity contribution in [3.05, 3.63) is 29.8 Å². The molecule has 25 heavy (non-hydrogen) atoms. The SMILES string of the molecule is COCC1(C(=O)NC(C)c2ccccc2OC(F)F)CCNCC1.Cl. The molecule has 142 valence electrons. The van der Waals surface area contributed by atoms with Gasteiger partial charge in [0, 0.05) is 12.7 Å². The molecule has 1 aromatic carbocycles. The van der Waals surface area contributed by atoms with Crippen LogP contribution in [0.25, 0.3) is 0 Å². The second-order valence-electron chi connectivity index (χ2n) is 6.07. The number of ether oxygens (including phenoxy) is 2. The van der Waals surface area contributed by atoms with E-state index in [2.05, 4.69) is 15.4 Å². The molecule has 1 unspecified atom stereocenters. The van der Waals surface area contributed by atoms with Crippen LogP contribution in [0.3, 0.4) is 0 Å². The molecule has 1 aliphatic rings. The van der Waals surface area contributed by atoms with Crippen molar-refractivity contribution in [2.45, 2.75) is 32.4 Å². The van der Waals surface area contributed by atoms with Crippen LogP contribution in [0.5, 0.6) is 5.75 Å². The van der Waals surface area contributed by atoms with E-state index in [0.717, 1.165) is 13.1 Å². The predicted molar refractivity (Wildman–Crippen MR) is 93.3 cm³/mol. The number of methoxy groups -OCH3 is 1. The molecule has 1 atom stereocenters. The lowest BCUT2D eigenvalue weighted by atomic mass is 9.78. The number of nitrogens with one attached hydrogen (secondary N) is 2. The first-order valence-corrected chi connectivity index (χ1v) is 8.03. The highest BCUT2D eigenvalue weighted by Crippen LogP contribution is 2.32. The summed E-state index contributed by atoms with van der Waals surface area (Å²) in [4.78, 5) is 12.8. The van der Waals surface area contributed by atoms with E-state index in [0.29, 0.717) is 25.0 Å². The van der Waals surface area contributed by atoms with Crippen LogP contribution >= 0.6 is 12.4 Å². The number of hydrogen-bond donors (Lipinski definition) is 2. The summed E-state index contributed by atoms with van der Waals surface area (Å²) >= 11 is 0. The summed E-state index contributed by atoms with van der Waals surface area (Å²) in [5.74, 6) is -0.0448. The van der Waals surface area contributed by atoms with Gasteiger partial charge in [-0.25, -0.2) is 0 Å². The minimum atomic E-state index is -2.90. The Bertz CT molecular complexity index is 549. The molecule has 1 saturated heterocycles. The number of carbonyl (C=O) groups is 1. The number of alkyl halides is 2. The van der Waals surface area contributed by atoms with Crippen LogP contribution in [-0.4, -0.2) is 39.3 Å². The molecule has 0 radical (unpaired) electrons. The molecule has 1 heterocycles. The molecule has 0 aromatic heterocycles. The molecule has 1 aromatic rings. The van der Waals surface area contributed by atoms with Crippen molar-refractivity contribution in [3.63, 3.8) is 0 Å². The Hall–Kier alpha value is -1.44. The summed E-state index contributed by atoms with van der Waals surface area (Å²) in [6.45, 7) is 0.681. The van der Waals surface area contributed by atoms with E-state index in [9.17, 15) is 13.6 Å². The Kier molecular flexibility index (Phi) is 8.55. The second kappa shape index (κ2) is 9.89. The maximum atomic E-state index is 12.8. The van der Waals surface area contributed by atoms with Crippen molar-refractivity contribution < 1.29 is 23.0 Å². The molecule has 0 saturated carbocycles. The fraction of sp³-hybridized carbons (Fsp3) is 0.588. The third-order valence-corrected chi connectivity index (χ3v) is 4.41. The van der Waals surface area contributed by atoms with Gasteiger partial charge in [0.15, 0.2) is 0 Å². The minimum absolute atomic E-state index is 0. The second-order valence-corrected chi connectivity index (χ2v) is 6.07. The van der Waals surface area contributed by atoms with E-state index in [1.165, 1.54) is 6.07 Å². The van der Waals surface area contributed by atoms with Gasteiger partial charge in [-0.2, -0.15) is 8.78 Å². The number of para-hydroxylation sites is 1. The molecule has 2 rings (SSSR count). The number of piperidine rings is 1. The van der Waals surface area contributed by atoms with Gasteiger partial charge in [-0.3, -0.25) is 4.79 Å². The molecular weight excluding hydrogens is 354 g/mol. The van der Waals surface area contributed by atoms with Crippen molar-refractivity contribution in [2.75, 3.05) is 26.8 Å². The zero-order valence-corrected chi connectivity index (χ0v) is 15.2. The number of benzene rings is 1. The number of rotatable bonds is 7. The van der Waals surface area contributed by atoms with Crippen LogP contribution < -0.4 is 15.4 Å². The highest BCUT2D eigenvalue weighted by molar-refractivity contribution is 5.85. The molecule has 0 spiro atoms. The third-order valence-electron chi connectivity index (χ3n) is 4.41. The lowest BCUT2D eigenvalue weighted by Crippen LogP contribution is -2.50. The van der Waals surface area contributed by atoms with Crippen molar-refractivity contribution >= 4 is 18.3 Å². The summed E-state index contributed by atoms with van der Waals surface area (Å²) < 4.78 is 34.9. The van der Waals surface area contributed by atoms with E-state index < -0.39 is 18.1 Å². The van der Waals surface area contributed by atoms with Gasteiger partial charge < -0.3 is 20.1 Å². The lowest BCUT2D eigenvalue weighted by Gasteiger charge is -2.36. The molecule has 0 aliphatic carbocycles. The largest absolute Gasteiger partial charge is 0.434 e. The number of carbonyl (C=O) groups excluding carboxylic acids is 1. The Morgan fingerprint density at radius 3 is 2.56 bits per heavy atom. The highest BCUT2D eigenvalue weighted by Gasteiger charge is 2.40. The van der Waals surface area contributed by atoms with Crippen molar-refractivity contribution in [1.82, 2.24) is 10.6 Å². The summed E-state index contributed by atoms with van der Waals surface area (Å²) in [5, 5.41) is 6.16. The molecule has 2 N–H and O–H groups in total. The van der Waals surface area contributed by atoms with Gasteiger partial charge in [-0.15, -0.1) is 12.4 Å². The van der Waals surface area contributed by atoms with Crippen molar-refractivity contribution in [1.29, 1.82) is 0 Å². The van der Waals surface area contributed by atoms with E-state index in [4.69, 9.17) is 4.74 Å². The average molecular weight is 379 g/mol. The van der Waals surface area contributed by atoms with Gasteiger partial charge in [-0.1, -0.05) is 18.2 Å². The Labute approximate surface area is 152 Å². The number of amides is 1. The summed E-state index contributed by atoms with van der Waals surface area (Å²) in [5.41, 5.74) is -0.0695. The van der Waals surface area contributed by atoms with Gasteiger partial charge in [0.2, 0.25) is 5.91 Å². The van der Waals surface area contributed by atoms with Crippen LogP contribution in [0.1, 0.15) is 31.4 Å². The minimum Gasteiger partial charge on any atom is -0.434 e. The van der Waals surface area contributed by atoms with Crippen LogP contribution in [0.15, 0.2) is 24.3 Å². The highest BCUT2D eigenvalue weighted by atomic mass is 35.5. The molecule has 1 amide bonds. The molecule has 1 fully saturated rings. The first kappa shape index (κ1) is 21.6. The van der Waals surface area contributed by atoms with Gasteiger partial charge in [0.1, 0.15) is 5.75 Å². The van der Waals surface area contributed by atoms with Gasteiger partial charge in [0.25, 0.3) is 0 Å². The first-order valence-electron chi connectivity index (χ1n) is 8.03. The molecule has 1 aliphatic heterocycles. The van der Waals surface area contributed by atoms with Crippen LogP contribution in [-0.2, 0) is 9.53 Å². The fourth-order valence-corrected chi connectivity index (χ4v) is 3.09. The topological polar surface area (TPSA) is 59.6 Å². The quantitative estimate of drug-likeness (QED) is 0.766. The maximum absolute atomic E-state index is 12.8. The number of hydrogen-bond acceptors (Lipinski definition) is 4. The first-order chi connectivity index (χ1) is 11.5. The van der Waals surface area contributed by atoms with Crippen LogP contribution in [0.4, 0.5) is 8.78 Å². The predicted octanol–water partition coefficient (Wildman–Crippen LogP) is 2.90. The molecule has 8 heteroatoms. The smallest absolute Gasteiger partial charge is 0.387 e. The molecule has 5 nitrogen and oxygen atoms in total. The molecule has 0 bridgehead atoms. The summed E-state index contributed by atoms with van der Waals surface area (Å²) in [6, 6.07) is 6.05. The van der Waals surface area contributed by atoms with E-state index in [1.54, 1.807) is 32.2 Å². The van der Waals surface area contributed by atoms with Crippen molar-refractivity contribution in [3.8, 4) is 5.75 Å². The fourth-order valence-electron chi connectivity index (χ4n) is 3.09. The maximum Gasteiger partial charge on any atom is 0.387 e. The summed E-state index contributed by atoms with van der Waals surface area (Å²) in [7, 11) is 1.58. The Balaban J connectivity index is 0.00000312.